The van der Waals surface area contributed by atoms with Crippen LogP contribution >= 0.6 is 11.6 Å². The highest BCUT2D eigenvalue weighted by molar-refractivity contribution is 6.31. The summed E-state index contributed by atoms with van der Waals surface area (Å²) in [4.78, 5) is 11.7. The Morgan fingerprint density at radius 3 is 2.39 bits per heavy atom. The maximum absolute atomic E-state index is 11.7. The van der Waals surface area contributed by atoms with Crippen LogP contribution in [0, 0.1) is 23.2 Å². The summed E-state index contributed by atoms with van der Waals surface area (Å²) in [7, 11) is 0. The smallest absolute Gasteiger partial charge is 0.303 e. The first-order valence-electron chi connectivity index (χ1n) is 8.58. The lowest BCUT2D eigenvalue weighted by Gasteiger charge is -2.64. The van der Waals surface area contributed by atoms with E-state index in [1.54, 1.807) is 0 Å². The third kappa shape index (κ3) is 2.49. The summed E-state index contributed by atoms with van der Waals surface area (Å²) in [5, 5.41) is 21.1. The molecule has 0 radical (unpaired) electrons. The number of aliphatic hydroxyl groups is 1. The van der Waals surface area contributed by atoms with Gasteiger partial charge in [0.1, 0.15) is 0 Å². The van der Waals surface area contributed by atoms with Gasteiger partial charge in [0.25, 0.3) is 0 Å². The summed E-state index contributed by atoms with van der Waals surface area (Å²) < 4.78 is 0. The van der Waals surface area contributed by atoms with Crippen molar-refractivity contribution in [2.75, 3.05) is 0 Å². The quantitative estimate of drug-likeness (QED) is 0.877. The largest absolute Gasteiger partial charge is 0.481 e. The van der Waals surface area contributed by atoms with Crippen LogP contribution in [-0.4, -0.2) is 21.8 Å². The number of carbonyl (C=O) groups is 1. The van der Waals surface area contributed by atoms with E-state index in [2.05, 4.69) is 0 Å². The third-order valence-corrected chi connectivity index (χ3v) is 7.11. The minimum atomic E-state index is -0.725. The minimum absolute atomic E-state index is 0.191. The molecule has 0 saturated heterocycles. The SMILES string of the molecule is O=C(O)C[C@]1(Cc2ccccc2Cl)C2CC3CC1C[C@](O)(C3)C2. The number of aliphatic carboxylic acids is 1. The average molecular weight is 335 g/mol. The van der Waals surface area contributed by atoms with Gasteiger partial charge in [0.2, 0.25) is 0 Å². The van der Waals surface area contributed by atoms with E-state index in [0.29, 0.717) is 17.8 Å². The van der Waals surface area contributed by atoms with Gasteiger partial charge in [0, 0.05) is 5.02 Å². The minimum Gasteiger partial charge on any atom is -0.481 e. The molecular weight excluding hydrogens is 312 g/mol. The van der Waals surface area contributed by atoms with Crippen LogP contribution < -0.4 is 0 Å². The lowest BCUT2D eigenvalue weighted by atomic mass is 9.42. The molecule has 23 heavy (non-hydrogen) atoms. The standard InChI is InChI=1S/C19H23ClO3/c20-16-4-2-1-3-13(16)8-19(11-17(21)22)14-5-12-6-15(19)10-18(23,7-12)9-14/h1-4,12,14-15,23H,5-11H2,(H,21,22)/t12?,14?,15?,18-,19+. The van der Waals surface area contributed by atoms with Gasteiger partial charge in [-0.05, 0) is 73.3 Å². The molecule has 124 valence electrons. The molecule has 0 aromatic heterocycles. The Balaban J connectivity index is 1.73. The summed E-state index contributed by atoms with van der Waals surface area (Å²) in [5.74, 6) is 0.444. The molecule has 2 N–H and O–H groups in total. The monoisotopic (exact) mass is 334 g/mol. The van der Waals surface area contributed by atoms with Crippen LogP contribution in [-0.2, 0) is 11.2 Å². The van der Waals surface area contributed by atoms with Gasteiger partial charge >= 0.3 is 5.97 Å². The predicted molar refractivity (Wildman–Crippen MR) is 88.3 cm³/mol. The van der Waals surface area contributed by atoms with Gasteiger partial charge in [-0.15, -0.1) is 0 Å². The van der Waals surface area contributed by atoms with E-state index in [4.69, 9.17) is 11.6 Å². The van der Waals surface area contributed by atoms with Crippen molar-refractivity contribution < 1.29 is 15.0 Å². The molecular formula is C19H23ClO3. The molecule has 0 amide bonds. The van der Waals surface area contributed by atoms with Crippen LogP contribution in [0.2, 0.25) is 5.02 Å². The lowest BCUT2D eigenvalue weighted by Crippen LogP contribution is -2.61. The van der Waals surface area contributed by atoms with Crippen molar-refractivity contribution in [2.45, 2.75) is 50.5 Å². The fraction of sp³-hybridized carbons (Fsp3) is 0.632. The molecule has 4 heteroatoms. The third-order valence-electron chi connectivity index (χ3n) is 6.74. The summed E-state index contributed by atoms with van der Waals surface area (Å²) in [5.41, 5.74) is 0.258. The number of hydrogen-bond donors (Lipinski definition) is 2. The van der Waals surface area contributed by atoms with Crippen molar-refractivity contribution in [3.8, 4) is 0 Å². The molecule has 4 bridgehead atoms. The number of halogens is 1. The van der Waals surface area contributed by atoms with Crippen molar-refractivity contribution in [3.05, 3.63) is 34.9 Å². The van der Waals surface area contributed by atoms with Crippen molar-refractivity contribution in [1.29, 1.82) is 0 Å². The van der Waals surface area contributed by atoms with Gasteiger partial charge in [0.15, 0.2) is 0 Å². The lowest BCUT2D eigenvalue weighted by molar-refractivity contribution is -0.198. The zero-order chi connectivity index (χ0) is 16.2. The second-order valence-electron chi connectivity index (χ2n) is 8.14. The fourth-order valence-electron chi connectivity index (χ4n) is 6.07. The Morgan fingerprint density at radius 1 is 1.17 bits per heavy atom. The highest BCUT2D eigenvalue weighted by Crippen LogP contribution is 2.65. The number of hydrogen-bond acceptors (Lipinski definition) is 2. The van der Waals surface area contributed by atoms with E-state index in [1.807, 2.05) is 24.3 Å². The van der Waals surface area contributed by atoms with E-state index in [-0.39, 0.29) is 11.8 Å². The van der Waals surface area contributed by atoms with Crippen LogP contribution in [0.1, 0.15) is 44.1 Å². The second kappa shape index (κ2) is 5.22. The zero-order valence-electron chi connectivity index (χ0n) is 13.2. The van der Waals surface area contributed by atoms with Crippen molar-refractivity contribution >= 4 is 17.6 Å². The fourth-order valence-corrected chi connectivity index (χ4v) is 6.27. The predicted octanol–water partition coefficient (Wildman–Crippen LogP) is 3.91. The Bertz CT molecular complexity index is 625. The molecule has 0 heterocycles. The van der Waals surface area contributed by atoms with Gasteiger partial charge < -0.3 is 10.2 Å². The van der Waals surface area contributed by atoms with Crippen LogP contribution in [0.15, 0.2) is 24.3 Å². The van der Waals surface area contributed by atoms with Crippen molar-refractivity contribution in [2.24, 2.45) is 23.2 Å². The summed E-state index contributed by atoms with van der Waals surface area (Å²) in [6, 6.07) is 7.79. The average Bonchev–Trinajstić information content (AvgIpc) is 2.45. The van der Waals surface area contributed by atoms with E-state index in [0.717, 1.165) is 49.1 Å². The molecule has 4 fully saturated rings. The summed E-state index contributed by atoms with van der Waals surface area (Å²) >= 11 is 6.37. The molecule has 5 rings (SSSR count). The maximum Gasteiger partial charge on any atom is 0.303 e. The number of carboxylic acid groups (broad SMARTS) is 1. The Morgan fingerprint density at radius 2 is 1.83 bits per heavy atom. The van der Waals surface area contributed by atoms with E-state index < -0.39 is 11.6 Å². The summed E-state index contributed by atoms with van der Waals surface area (Å²) in [6.07, 6.45) is 5.48. The molecule has 0 aliphatic heterocycles. The van der Waals surface area contributed by atoms with Gasteiger partial charge in [-0.3, -0.25) is 4.79 Å². The van der Waals surface area contributed by atoms with Crippen LogP contribution in [0.5, 0.6) is 0 Å². The van der Waals surface area contributed by atoms with E-state index >= 15 is 0 Å². The molecule has 0 spiro atoms. The van der Waals surface area contributed by atoms with Crippen molar-refractivity contribution in [3.63, 3.8) is 0 Å². The molecule has 1 aromatic carbocycles. The number of rotatable bonds is 4. The number of benzene rings is 1. The Hall–Kier alpha value is -1.06. The molecule has 3 nitrogen and oxygen atoms in total. The zero-order valence-corrected chi connectivity index (χ0v) is 13.9. The van der Waals surface area contributed by atoms with E-state index in [9.17, 15) is 15.0 Å². The topological polar surface area (TPSA) is 57.5 Å². The molecule has 1 aromatic rings. The Kier molecular flexibility index (Phi) is 3.51. The molecule has 2 unspecified atom stereocenters. The highest BCUT2D eigenvalue weighted by Gasteiger charge is 2.62. The molecule has 2 atom stereocenters. The maximum atomic E-state index is 11.7. The van der Waals surface area contributed by atoms with Gasteiger partial charge in [0.05, 0.1) is 12.0 Å². The van der Waals surface area contributed by atoms with Crippen LogP contribution in [0.25, 0.3) is 0 Å². The Labute approximate surface area is 141 Å². The van der Waals surface area contributed by atoms with Gasteiger partial charge in [-0.2, -0.15) is 0 Å². The first-order chi connectivity index (χ1) is 10.9. The van der Waals surface area contributed by atoms with Crippen LogP contribution in [0.3, 0.4) is 0 Å². The summed E-state index contributed by atoms with van der Waals surface area (Å²) in [6.45, 7) is 0. The normalized spacial score (nSPS) is 41.2. The first kappa shape index (κ1) is 15.5. The molecule has 4 aliphatic rings. The van der Waals surface area contributed by atoms with Gasteiger partial charge in [-0.1, -0.05) is 29.8 Å². The van der Waals surface area contributed by atoms with Crippen molar-refractivity contribution in [1.82, 2.24) is 0 Å². The van der Waals surface area contributed by atoms with Crippen LogP contribution in [0.4, 0.5) is 0 Å². The van der Waals surface area contributed by atoms with Gasteiger partial charge in [-0.25, -0.2) is 0 Å². The molecule has 4 aliphatic carbocycles. The highest BCUT2D eigenvalue weighted by atomic mass is 35.5. The second-order valence-corrected chi connectivity index (χ2v) is 8.55. The number of carboxylic acids is 1. The molecule has 4 saturated carbocycles. The van der Waals surface area contributed by atoms with E-state index in [1.165, 1.54) is 0 Å². The first-order valence-corrected chi connectivity index (χ1v) is 8.96.